The first-order valence-electron chi connectivity index (χ1n) is 6.01. The predicted octanol–water partition coefficient (Wildman–Crippen LogP) is 1.35. The molecule has 0 aliphatic rings. The normalized spacial score (nSPS) is 11.5. The first-order valence-corrected chi connectivity index (χ1v) is 8.38. The lowest BCUT2D eigenvalue weighted by atomic mass is 10.3. The molecule has 2 rings (SSSR count). The van der Waals surface area contributed by atoms with Gasteiger partial charge in [-0.05, 0) is 18.4 Å². The summed E-state index contributed by atoms with van der Waals surface area (Å²) < 4.78 is 36.3. The minimum absolute atomic E-state index is 0.0560. The van der Waals surface area contributed by atoms with Gasteiger partial charge in [0.05, 0.1) is 12.8 Å². The molecule has 0 radical (unpaired) electrons. The van der Waals surface area contributed by atoms with Crippen LogP contribution in [0, 0.1) is 6.92 Å². The summed E-state index contributed by atoms with van der Waals surface area (Å²) in [5.74, 6) is -0.0788. The van der Waals surface area contributed by atoms with Crippen molar-refractivity contribution >= 4 is 27.3 Å². The molecule has 2 heterocycles. The average molecular weight is 330 g/mol. The van der Waals surface area contributed by atoms with Crippen LogP contribution >= 0.6 is 11.3 Å². The molecule has 0 aliphatic heterocycles. The smallest absolute Gasteiger partial charge is 0.349 e. The second-order valence-corrected chi connectivity index (χ2v) is 6.84. The Morgan fingerprint density at radius 2 is 2.29 bits per heavy atom. The van der Waals surface area contributed by atoms with Crippen molar-refractivity contribution in [1.29, 1.82) is 0 Å². The van der Waals surface area contributed by atoms with Crippen LogP contribution in [-0.4, -0.2) is 33.2 Å². The first-order chi connectivity index (χ1) is 9.94. The van der Waals surface area contributed by atoms with Crippen LogP contribution in [0.15, 0.2) is 26.9 Å². The van der Waals surface area contributed by atoms with E-state index in [1.54, 1.807) is 13.0 Å². The van der Waals surface area contributed by atoms with E-state index in [1.807, 2.05) is 0 Å². The number of nitrogens with zero attached hydrogens (tertiary/aromatic N) is 1. The Bertz CT molecular complexity index is 732. The molecular weight excluding hydrogens is 316 g/mol. The van der Waals surface area contributed by atoms with Crippen molar-refractivity contribution in [3.05, 3.63) is 33.8 Å². The van der Waals surface area contributed by atoms with Crippen LogP contribution in [-0.2, 0) is 21.2 Å². The molecule has 0 amide bonds. The highest BCUT2D eigenvalue weighted by atomic mass is 32.2. The summed E-state index contributed by atoms with van der Waals surface area (Å²) in [5, 5.41) is 5.25. The van der Waals surface area contributed by atoms with Gasteiger partial charge in [-0.15, -0.1) is 11.3 Å². The molecule has 21 heavy (non-hydrogen) atoms. The molecule has 0 unspecified atom stereocenters. The molecule has 0 saturated carbocycles. The number of nitrogens with one attached hydrogen (secondary N) is 1. The van der Waals surface area contributed by atoms with Crippen molar-refractivity contribution in [2.75, 3.05) is 13.7 Å². The summed E-state index contributed by atoms with van der Waals surface area (Å²) in [6.45, 7) is 1.93. The van der Waals surface area contributed by atoms with Crippen LogP contribution in [0.1, 0.15) is 21.1 Å². The number of methoxy groups -OCH3 is 1. The van der Waals surface area contributed by atoms with E-state index < -0.39 is 16.0 Å². The Kier molecular flexibility index (Phi) is 4.76. The fourth-order valence-electron chi connectivity index (χ4n) is 1.67. The molecule has 0 aromatic carbocycles. The molecular formula is C12H14N2O5S2. The van der Waals surface area contributed by atoms with Crippen LogP contribution in [0.2, 0.25) is 0 Å². The van der Waals surface area contributed by atoms with Crippen LogP contribution < -0.4 is 4.72 Å². The fraction of sp³-hybridized carbons (Fsp3) is 0.333. The minimum Gasteiger partial charge on any atom is -0.465 e. The van der Waals surface area contributed by atoms with Crippen molar-refractivity contribution in [3.8, 4) is 0 Å². The van der Waals surface area contributed by atoms with Gasteiger partial charge in [0.25, 0.3) is 0 Å². The zero-order valence-electron chi connectivity index (χ0n) is 11.5. The van der Waals surface area contributed by atoms with Gasteiger partial charge in [-0.1, -0.05) is 5.16 Å². The molecule has 1 N–H and O–H groups in total. The third-order valence-corrected chi connectivity index (χ3v) is 5.16. The molecule has 0 atom stereocenters. The highest BCUT2D eigenvalue weighted by molar-refractivity contribution is 7.89. The van der Waals surface area contributed by atoms with E-state index in [4.69, 9.17) is 4.52 Å². The Morgan fingerprint density at radius 1 is 1.52 bits per heavy atom. The molecule has 0 fully saturated rings. The number of carbonyl (C=O) groups excluding carboxylic acids is 1. The van der Waals surface area contributed by atoms with E-state index in [0.717, 1.165) is 17.0 Å². The number of ether oxygens (including phenoxy) is 1. The standard InChI is InChI=1S/C12H14N2O5S2/c1-8-7-9(19-14-8)3-5-13-21(16,17)10-4-6-20-11(10)12(15)18-2/h4,6-7,13H,3,5H2,1-2H3. The summed E-state index contributed by atoms with van der Waals surface area (Å²) in [4.78, 5) is 11.5. The lowest BCUT2D eigenvalue weighted by Gasteiger charge is -2.05. The summed E-state index contributed by atoms with van der Waals surface area (Å²) in [6, 6.07) is 3.11. The number of hydrogen-bond acceptors (Lipinski definition) is 7. The van der Waals surface area contributed by atoms with Crippen LogP contribution in [0.5, 0.6) is 0 Å². The lowest BCUT2D eigenvalue weighted by Crippen LogP contribution is -2.26. The Labute approximate surface area is 126 Å². The van der Waals surface area contributed by atoms with E-state index in [-0.39, 0.29) is 16.3 Å². The fourth-order valence-corrected chi connectivity index (χ4v) is 4.04. The quantitative estimate of drug-likeness (QED) is 0.803. The van der Waals surface area contributed by atoms with Gasteiger partial charge in [0, 0.05) is 19.0 Å². The van der Waals surface area contributed by atoms with Crippen LogP contribution in [0.25, 0.3) is 0 Å². The third-order valence-electron chi connectivity index (χ3n) is 2.63. The number of aromatic nitrogens is 1. The monoisotopic (exact) mass is 330 g/mol. The number of sulfonamides is 1. The maximum Gasteiger partial charge on any atom is 0.349 e. The summed E-state index contributed by atoms with van der Waals surface area (Å²) >= 11 is 1.02. The third kappa shape index (κ3) is 3.69. The highest BCUT2D eigenvalue weighted by Gasteiger charge is 2.24. The summed E-state index contributed by atoms with van der Waals surface area (Å²) in [7, 11) is -2.56. The SMILES string of the molecule is COC(=O)c1sccc1S(=O)(=O)NCCc1cc(C)no1. The van der Waals surface area contributed by atoms with Gasteiger partial charge in [0.2, 0.25) is 10.0 Å². The lowest BCUT2D eigenvalue weighted by molar-refractivity contribution is 0.0602. The Hall–Kier alpha value is -1.71. The van der Waals surface area contributed by atoms with Crippen molar-refractivity contribution in [3.63, 3.8) is 0 Å². The number of rotatable bonds is 6. The molecule has 0 aliphatic carbocycles. The Morgan fingerprint density at radius 3 is 2.90 bits per heavy atom. The van der Waals surface area contributed by atoms with E-state index >= 15 is 0 Å². The maximum atomic E-state index is 12.2. The second-order valence-electron chi connectivity index (χ2n) is 4.19. The predicted molar refractivity (Wildman–Crippen MR) is 75.8 cm³/mol. The van der Waals surface area contributed by atoms with Crippen molar-refractivity contribution in [2.45, 2.75) is 18.2 Å². The average Bonchev–Trinajstić information content (AvgIpc) is 3.07. The van der Waals surface area contributed by atoms with Gasteiger partial charge < -0.3 is 9.26 Å². The zero-order chi connectivity index (χ0) is 15.5. The van der Waals surface area contributed by atoms with Gasteiger partial charge in [0.15, 0.2) is 0 Å². The first kappa shape index (κ1) is 15.7. The molecule has 114 valence electrons. The number of carbonyl (C=O) groups is 1. The molecule has 0 bridgehead atoms. The maximum absolute atomic E-state index is 12.2. The van der Waals surface area contributed by atoms with Crippen LogP contribution in [0.3, 0.4) is 0 Å². The summed E-state index contributed by atoms with van der Waals surface area (Å²) in [5.41, 5.74) is 0.735. The minimum atomic E-state index is -3.77. The van der Waals surface area contributed by atoms with E-state index in [0.29, 0.717) is 12.2 Å². The second kappa shape index (κ2) is 6.37. The van der Waals surface area contributed by atoms with Crippen molar-refractivity contribution in [1.82, 2.24) is 9.88 Å². The molecule has 7 nitrogen and oxygen atoms in total. The van der Waals surface area contributed by atoms with Gasteiger partial charge in [-0.3, -0.25) is 0 Å². The Balaban J connectivity index is 2.05. The van der Waals surface area contributed by atoms with E-state index in [9.17, 15) is 13.2 Å². The zero-order valence-corrected chi connectivity index (χ0v) is 13.1. The highest BCUT2D eigenvalue weighted by Crippen LogP contribution is 2.22. The number of hydrogen-bond donors (Lipinski definition) is 1. The van der Waals surface area contributed by atoms with E-state index in [2.05, 4.69) is 14.6 Å². The molecule has 2 aromatic rings. The number of thiophene rings is 1. The van der Waals surface area contributed by atoms with E-state index in [1.165, 1.54) is 18.6 Å². The van der Waals surface area contributed by atoms with Gasteiger partial charge >= 0.3 is 5.97 Å². The van der Waals surface area contributed by atoms with Crippen LogP contribution in [0.4, 0.5) is 0 Å². The molecule has 9 heteroatoms. The van der Waals surface area contributed by atoms with Crippen molar-refractivity contribution < 1.29 is 22.5 Å². The van der Waals surface area contributed by atoms with Crippen molar-refractivity contribution in [2.24, 2.45) is 0 Å². The topological polar surface area (TPSA) is 98.5 Å². The molecule has 2 aromatic heterocycles. The van der Waals surface area contributed by atoms with Gasteiger partial charge in [-0.25, -0.2) is 17.9 Å². The van der Waals surface area contributed by atoms with Gasteiger partial charge in [-0.2, -0.15) is 0 Å². The molecule has 0 spiro atoms. The largest absolute Gasteiger partial charge is 0.465 e. The number of aryl methyl sites for hydroxylation is 1. The summed E-state index contributed by atoms with van der Waals surface area (Å²) in [6.07, 6.45) is 0.373. The van der Waals surface area contributed by atoms with Gasteiger partial charge in [0.1, 0.15) is 15.5 Å². The molecule has 0 saturated heterocycles. The number of esters is 1.